The minimum atomic E-state index is -0.907. The molecule has 0 saturated carbocycles. The van der Waals surface area contributed by atoms with Gasteiger partial charge in [-0.1, -0.05) is 72.5 Å². The van der Waals surface area contributed by atoms with Crippen LogP contribution < -0.4 is 10.6 Å². The summed E-state index contributed by atoms with van der Waals surface area (Å²) in [7, 11) is 7.55. The summed E-state index contributed by atoms with van der Waals surface area (Å²) >= 11 is 0. The summed E-state index contributed by atoms with van der Waals surface area (Å²) in [5, 5.41) is 6.02. The number of hydrogen-bond donors (Lipinski definition) is 2. The van der Waals surface area contributed by atoms with E-state index in [1.807, 2.05) is 161 Å². The summed E-state index contributed by atoms with van der Waals surface area (Å²) in [6, 6.07) is 32.9. The first kappa shape index (κ1) is 39.9. The molecule has 0 radical (unpaired) electrons. The van der Waals surface area contributed by atoms with Gasteiger partial charge < -0.3 is 20.4 Å². The van der Waals surface area contributed by atoms with E-state index in [-0.39, 0.29) is 23.6 Å². The first-order valence-electron chi connectivity index (χ1n) is 19.3. The summed E-state index contributed by atoms with van der Waals surface area (Å²) in [6.07, 6.45) is 2.73. The zero-order chi connectivity index (χ0) is 40.0. The molecular formula is C46H52N6O4. The number of rotatable bonds is 10. The van der Waals surface area contributed by atoms with Crippen LogP contribution in [-0.2, 0) is 30.3 Å². The number of likely N-dealkylation sites (N-methyl/N-ethyl adjacent to an activating group) is 2. The number of carbonyl (C=O) groups excluding carboxylic acids is 4. The highest BCUT2D eigenvalue weighted by molar-refractivity contribution is 6.00. The molecule has 2 heterocycles. The van der Waals surface area contributed by atoms with Gasteiger partial charge in [-0.2, -0.15) is 0 Å². The highest BCUT2D eigenvalue weighted by atomic mass is 16.2. The predicted octanol–water partition coefficient (Wildman–Crippen LogP) is 5.90. The third-order valence-corrected chi connectivity index (χ3v) is 11.6. The number of carbonyl (C=O) groups is 4. The van der Waals surface area contributed by atoms with Gasteiger partial charge in [-0.3, -0.25) is 29.0 Å². The molecular weight excluding hydrogens is 701 g/mol. The van der Waals surface area contributed by atoms with Crippen LogP contribution in [0.4, 0.5) is 11.4 Å². The number of likely N-dealkylation sites (tertiary alicyclic amines) is 2. The van der Waals surface area contributed by atoms with E-state index in [1.54, 1.807) is 9.80 Å². The first-order chi connectivity index (χ1) is 26.8. The fraction of sp³-hybridized carbons (Fsp3) is 0.348. The minimum absolute atomic E-state index is 0.0911. The lowest BCUT2D eigenvalue weighted by Crippen LogP contribution is -2.56. The number of amides is 4. The van der Waals surface area contributed by atoms with Gasteiger partial charge in [0.25, 0.3) is 0 Å². The molecule has 0 aromatic heterocycles. The number of nitrogens with one attached hydrogen (secondary N) is 2. The van der Waals surface area contributed by atoms with E-state index in [1.165, 1.54) is 0 Å². The zero-order valence-electron chi connectivity index (χ0n) is 33.2. The Morgan fingerprint density at radius 2 is 0.893 bits per heavy atom. The third-order valence-electron chi connectivity index (χ3n) is 11.6. The van der Waals surface area contributed by atoms with Gasteiger partial charge in [0, 0.05) is 35.6 Å². The number of nitrogens with zero attached hydrogens (tertiary/aromatic N) is 4. The molecule has 2 saturated heterocycles. The molecule has 2 fully saturated rings. The molecule has 2 aliphatic rings. The molecule has 2 aliphatic heterocycles. The van der Waals surface area contributed by atoms with Crippen molar-refractivity contribution >= 4 is 35.0 Å². The molecule has 0 bridgehead atoms. The van der Waals surface area contributed by atoms with Crippen LogP contribution in [0.25, 0.3) is 0 Å². The summed E-state index contributed by atoms with van der Waals surface area (Å²) in [5.41, 5.74) is 2.76. The van der Waals surface area contributed by atoms with E-state index < -0.39 is 23.2 Å². The Morgan fingerprint density at radius 1 is 0.554 bits per heavy atom. The third kappa shape index (κ3) is 8.11. The maximum atomic E-state index is 14.0. The summed E-state index contributed by atoms with van der Waals surface area (Å²) < 4.78 is 0. The zero-order valence-corrected chi connectivity index (χ0v) is 33.2. The Balaban J connectivity index is 1.05. The van der Waals surface area contributed by atoms with Crippen molar-refractivity contribution in [3.8, 4) is 11.8 Å². The van der Waals surface area contributed by atoms with E-state index >= 15 is 0 Å². The molecule has 6 rings (SSSR count). The van der Waals surface area contributed by atoms with Crippen molar-refractivity contribution in [2.75, 3.05) is 51.9 Å². The van der Waals surface area contributed by atoms with Crippen LogP contribution in [0.15, 0.2) is 109 Å². The Kier molecular flexibility index (Phi) is 12.1. The Labute approximate surface area is 330 Å². The Bertz CT molecular complexity index is 1940. The van der Waals surface area contributed by atoms with Crippen molar-refractivity contribution in [1.29, 1.82) is 0 Å². The van der Waals surface area contributed by atoms with Crippen LogP contribution >= 0.6 is 0 Å². The second kappa shape index (κ2) is 16.9. The molecule has 4 amide bonds. The van der Waals surface area contributed by atoms with Gasteiger partial charge in [-0.25, -0.2) is 0 Å². The molecule has 2 N–H and O–H groups in total. The standard InChI is InChI=1S/C46H52N6O4/c1-45(49(3)4,35-15-9-7-10-16-35)43(55)51-31-13-19-39(51)41(53)47-37-27-23-33(24-28-37)21-22-34-25-29-38(30-26-34)48-42(54)40-20-14-32-52(40)44(56)46(2,50(5)6)36-17-11-8-12-18-36/h7-12,15-18,23-30,39-40H,13-14,19-20,31-32H2,1-6H3,(H,47,53)(H,48,54)/t39-,40-,45-,46-/m0/s1. The SMILES string of the molecule is CN(C)[C@](C)(C(=O)N1CCC[C@H]1C(=O)Nc1ccc(C#Cc2ccc(NC(=O)[C@@H]3CCCN3C(=O)[C@](C)(c3ccccc3)N(C)C)cc2)cc1)c1ccccc1. The second-order valence-corrected chi connectivity index (χ2v) is 15.4. The van der Waals surface area contributed by atoms with Crippen LogP contribution in [0.3, 0.4) is 0 Å². The minimum Gasteiger partial charge on any atom is -0.329 e. The van der Waals surface area contributed by atoms with Crippen molar-refractivity contribution in [3.05, 3.63) is 131 Å². The van der Waals surface area contributed by atoms with Gasteiger partial charge >= 0.3 is 0 Å². The van der Waals surface area contributed by atoms with E-state index in [2.05, 4.69) is 22.5 Å². The molecule has 10 heteroatoms. The second-order valence-electron chi connectivity index (χ2n) is 15.4. The average molecular weight is 753 g/mol. The van der Waals surface area contributed by atoms with Crippen molar-refractivity contribution in [2.45, 2.75) is 62.7 Å². The lowest BCUT2D eigenvalue weighted by Gasteiger charge is -2.40. The fourth-order valence-corrected chi connectivity index (χ4v) is 7.66. The normalized spacial score (nSPS) is 18.8. The highest BCUT2D eigenvalue weighted by Crippen LogP contribution is 2.34. The van der Waals surface area contributed by atoms with Gasteiger partial charge in [-0.15, -0.1) is 0 Å². The van der Waals surface area contributed by atoms with Gasteiger partial charge in [0.15, 0.2) is 0 Å². The van der Waals surface area contributed by atoms with E-state index in [0.717, 1.165) is 35.1 Å². The van der Waals surface area contributed by atoms with E-state index in [9.17, 15) is 19.2 Å². The van der Waals surface area contributed by atoms with Crippen LogP contribution in [0.1, 0.15) is 61.8 Å². The fourth-order valence-electron chi connectivity index (χ4n) is 7.66. The van der Waals surface area contributed by atoms with Crippen LogP contribution in [-0.4, -0.2) is 96.6 Å². The Morgan fingerprint density at radius 3 is 1.21 bits per heavy atom. The van der Waals surface area contributed by atoms with Crippen molar-refractivity contribution < 1.29 is 19.2 Å². The van der Waals surface area contributed by atoms with Crippen LogP contribution in [0, 0.1) is 11.8 Å². The number of benzene rings is 4. The van der Waals surface area contributed by atoms with Crippen LogP contribution in [0.5, 0.6) is 0 Å². The van der Waals surface area contributed by atoms with Gasteiger partial charge in [0.2, 0.25) is 23.6 Å². The van der Waals surface area contributed by atoms with Gasteiger partial charge in [0.1, 0.15) is 23.2 Å². The van der Waals surface area contributed by atoms with E-state index in [4.69, 9.17) is 0 Å². The lowest BCUT2D eigenvalue weighted by molar-refractivity contribution is -0.146. The van der Waals surface area contributed by atoms with Crippen molar-refractivity contribution in [3.63, 3.8) is 0 Å². The van der Waals surface area contributed by atoms with Crippen molar-refractivity contribution in [1.82, 2.24) is 19.6 Å². The molecule has 290 valence electrons. The Hall–Kier alpha value is -5.76. The molecule has 4 aromatic rings. The van der Waals surface area contributed by atoms with Crippen LogP contribution in [0.2, 0.25) is 0 Å². The molecule has 56 heavy (non-hydrogen) atoms. The van der Waals surface area contributed by atoms with Gasteiger partial charge in [-0.05, 0) is 127 Å². The monoisotopic (exact) mass is 752 g/mol. The quantitative estimate of drug-likeness (QED) is 0.196. The largest absolute Gasteiger partial charge is 0.329 e. The highest BCUT2D eigenvalue weighted by Gasteiger charge is 2.47. The average Bonchev–Trinajstić information content (AvgIpc) is 3.92. The van der Waals surface area contributed by atoms with Crippen molar-refractivity contribution in [2.24, 2.45) is 0 Å². The molecule has 0 unspecified atom stereocenters. The number of hydrogen-bond acceptors (Lipinski definition) is 6. The molecule has 4 atom stereocenters. The summed E-state index contributed by atoms with van der Waals surface area (Å²) in [6.45, 7) is 4.88. The molecule has 0 spiro atoms. The molecule has 4 aromatic carbocycles. The maximum absolute atomic E-state index is 14.0. The summed E-state index contributed by atoms with van der Waals surface area (Å²) in [4.78, 5) is 62.3. The first-order valence-corrected chi connectivity index (χ1v) is 19.3. The number of anilines is 2. The molecule has 10 nitrogen and oxygen atoms in total. The topological polar surface area (TPSA) is 105 Å². The van der Waals surface area contributed by atoms with Gasteiger partial charge in [0.05, 0.1) is 0 Å². The maximum Gasteiger partial charge on any atom is 0.248 e. The molecule has 0 aliphatic carbocycles. The smallest absolute Gasteiger partial charge is 0.248 e. The lowest BCUT2D eigenvalue weighted by atomic mass is 9.88. The summed E-state index contributed by atoms with van der Waals surface area (Å²) in [5.74, 6) is 5.74. The predicted molar refractivity (Wildman–Crippen MR) is 221 cm³/mol. The van der Waals surface area contributed by atoms with E-state index in [0.29, 0.717) is 37.3 Å².